The summed E-state index contributed by atoms with van der Waals surface area (Å²) in [5, 5.41) is 0. The van der Waals surface area contributed by atoms with Crippen LogP contribution in [0.2, 0.25) is 0 Å². The number of rotatable bonds is 3. The summed E-state index contributed by atoms with van der Waals surface area (Å²) in [7, 11) is 0. The molecular weight excluding hydrogens is 667 g/mol. The molecule has 1 unspecified atom stereocenters. The molecule has 4 fully saturated rings. The van der Waals surface area contributed by atoms with E-state index < -0.39 is 0 Å². The first-order chi connectivity index (χ1) is 19.8. The third-order valence-electron chi connectivity index (χ3n) is 13.5. The molecule has 4 bridgehead atoms. The van der Waals surface area contributed by atoms with Gasteiger partial charge in [-0.25, -0.2) is 0 Å². The van der Waals surface area contributed by atoms with Crippen LogP contribution in [0, 0.1) is 34.5 Å². The fourth-order valence-corrected chi connectivity index (χ4v) is 11.7. The molecule has 240 valence electrons. The Morgan fingerprint density at radius 1 is 0.711 bits per heavy atom. The zero-order valence-electron chi connectivity index (χ0n) is 29.0. The van der Waals surface area contributed by atoms with Gasteiger partial charge in [0.1, 0.15) is 0 Å². The first-order valence-electron chi connectivity index (χ1n) is 17.5. The molecule has 0 aliphatic heterocycles. The van der Waals surface area contributed by atoms with Crippen LogP contribution < -0.4 is 24.8 Å². The fourth-order valence-electron chi connectivity index (χ4n) is 11.7. The van der Waals surface area contributed by atoms with E-state index in [2.05, 4.69) is 97.9 Å². The summed E-state index contributed by atoms with van der Waals surface area (Å²) in [5.41, 5.74) is 15.7. The maximum atomic E-state index is 2.87. The zero-order chi connectivity index (χ0) is 29.4. The van der Waals surface area contributed by atoms with Crippen molar-refractivity contribution in [3.63, 3.8) is 0 Å². The Hall–Kier alpha value is -0.617. The van der Waals surface area contributed by atoms with E-state index in [1.165, 1.54) is 80.0 Å². The van der Waals surface area contributed by atoms with Crippen molar-refractivity contribution in [1.29, 1.82) is 0 Å². The summed E-state index contributed by atoms with van der Waals surface area (Å²) in [4.78, 5) is 0. The first kappa shape index (κ1) is 35.7. The van der Waals surface area contributed by atoms with Crippen LogP contribution in [0.1, 0.15) is 141 Å². The molecule has 3 heteroatoms. The van der Waals surface area contributed by atoms with E-state index in [0.717, 1.165) is 17.8 Å². The van der Waals surface area contributed by atoms with Gasteiger partial charge in [-0.3, -0.25) is 0 Å². The second kappa shape index (κ2) is 11.8. The third-order valence-corrected chi connectivity index (χ3v) is 13.5. The molecule has 2 aromatic rings. The van der Waals surface area contributed by atoms with Crippen molar-refractivity contribution in [3.8, 4) is 11.1 Å². The molecule has 2 aromatic carbocycles. The van der Waals surface area contributed by atoms with Crippen LogP contribution in [0.3, 0.4) is 0 Å². The van der Waals surface area contributed by atoms with Crippen molar-refractivity contribution in [2.24, 2.45) is 34.5 Å². The topological polar surface area (TPSA) is 0 Å². The summed E-state index contributed by atoms with van der Waals surface area (Å²) < 4.78 is 0. The molecule has 0 heterocycles. The van der Waals surface area contributed by atoms with E-state index in [1.807, 2.05) is 11.1 Å². The predicted molar refractivity (Wildman–Crippen MR) is 178 cm³/mol. The Morgan fingerprint density at radius 2 is 1.18 bits per heavy atom. The van der Waals surface area contributed by atoms with E-state index in [0.29, 0.717) is 17.3 Å². The standard InChI is InChI=1S/C42H54.2ClH.Zr/c1-25(2)42(14-13-29-18-32(21-37(29)42)41-22-26-15-27(23-41)17-28(16-26)24-41)38-35-19-30(39(3,4)5)9-11-33(35)34-12-10-31(20-36(34)38)40(6,7)8;;;/h9-12,19-21,25-28,38H,13-18,22-24H2,1-8H3;2*1H;/q;;;+2/p-2. The van der Waals surface area contributed by atoms with Gasteiger partial charge in [0.2, 0.25) is 0 Å². The van der Waals surface area contributed by atoms with Crippen LogP contribution in [-0.4, -0.2) is 0 Å². The maximum absolute atomic E-state index is 2.87. The Morgan fingerprint density at radius 3 is 1.60 bits per heavy atom. The van der Waals surface area contributed by atoms with E-state index in [1.54, 1.807) is 16.7 Å². The van der Waals surface area contributed by atoms with Crippen LogP contribution in [0.5, 0.6) is 0 Å². The number of halogens is 2. The number of allylic oxidation sites excluding steroid dienone is 4. The second-order valence-corrected chi connectivity index (χ2v) is 18.3. The van der Waals surface area contributed by atoms with Crippen LogP contribution >= 0.6 is 0 Å². The van der Waals surface area contributed by atoms with Gasteiger partial charge in [0, 0.05) is 11.3 Å². The predicted octanol–water partition coefficient (Wildman–Crippen LogP) is 5.68. The van der Waals surface area contributed by atoms with Gasteiger partial charge in [-0.05, 0) is 137 Å². The zero-order valence-corrected chi connectivity index (χ0v) is 33.0. The Labute approximate surface area is 306 Å². The Balaban J connectivity index is 0.00000133. The van der Waals surface area contributed by atoms with E-state index in [4.69, 9.17) is 0 Å². The average Bonchev–Trinajstić information content (AvgIpc) is 3.57. The monoisotopic (exact) mass is 718 g/mol. The molecule has 0 radical (unpaired) electrons. The minimum atomic E-state index is 0. The SMILES string of the molecule is CC(C)C1(C2c3cc(C(C)(C)C)ccc3-c3ccc(C(C)(C)C)cc32)CCC2=C1C=C(C13CC4CC(CC(C4)C1)C3)C2.[Cl-].[Cl-].[Zr+2]. The van der Waals surface area contributed by atoms with Gasteiger partial charge in [0.25, 0.3) is 0 Å². The third kappa shape index (κ3) is 5.30. The van der Waals surface area contributed by atoms with Gasteiger partial charge < -0.3 is 24.8 Å². The normalized spacial score (nSPS) is 31.2. The summed E-state index contributed by atoms with van der Waals surface area (Å²) in [6.45, 7) is 19.4. The minimum absolute atomic E-state index is 0. The number of hydrogen-bond acceptors (Lipinski definition) is 0. The molecule has 0 N–H and O–H groups in total. The quantitative estimate of drug-likeness (QED) is 0.383. The summed E-state index contributed by atoms with van der Waals surface area (Å²) in [6.07, 6.45) is 15.9. The molecule has 4 saturated carbocycles. The Bertz CT molecular complexity index is 1440. The second-order valence-electron chi connectivity index (χ2n) is 18.3. The van der Waals surface area contributed by atoms with Crippen molar-refractivity contribution in [1.82, 2.24) is 0 Å². The molecule has 45 heavy (non-hydrogen) atoms. The van der Waals surface area contributed by atoms with E-state index in [9.17, 15) is 0 Å². The van der Waals surface area contributed by atoms with Gasteiger partial charge in [-0.2, -0.15) is 0 Å². The number of hydrogen-bond donors (Lipinski definition) is 0. The van der Waals surface area contributed by atoms with Gasteiger partial charge in [-0.1, -0.05) is 109 Å². The van der Waals surface area contributed by atoms with Crippen molar-refractivity contribution in [2.75, 3.05) is 0 Å². The van der Waals surface area contributed by atoms with E-state index in [-0.39, 0.29) is 67.3 Å². The smallest absolute Gasteiger partial charge is 1.00 e. The summed E-state index contributed by atoms with van der Waals surface area (Å²) >= 11 is 0. The molecule has 0 aromatic heterocycles. The van der Waals surface area contributed by atoms with Crippen molar-refractivity contribution >= 4 is 0 Å². The molecule has 0 saturated heterocycles. The van der Waals surface area contributed by atoms with Crippen LogP contribution in [0.15, 0.2) is 59.2 Å². The molecule has 9 rings (SSSR count). The fraction of sp³-hybridized carbons (Fsp3) is 0.619. The molecular formula is C42H54Cl2Zr. The van der Waals surface area contributed by atoms with Crippen molar-refractivity contribution in [2.45, 2.75) is 130 Å². The van der Waals surface area contributed by atoms with Gasteiger partial charge in [0.15, 0.2) is 0 Å². The van der Waals surface area contributed by atoms with Gasteiger partial charge in [-0.15, -0.1) is 0 Å². The molecule has 0 spiro atoms. The van der Waals surface area contributed by atoms with Gasteiger partial charge in [0.05, 0.1) is 0 Å². The van der Waals surface area contributed by atoms with E-state index >= 15 is 0 Å². The number of fused-ring (bicyclic) bond motifs is 3. The first-order valence-corrected chi connectivity index (χ1v) is 17.5. The Kier molecular flexibility index (Phi) is 9.33. The summed E-state index contributed by atoms with van der Waals surface area (Å²) in [5.74, 6) is 4.08. The van der Waals surface area contributed by atoms with Crippen molar-refractivity contribution < 1.29 is 51.0 Å². The van der Waals surface area contributed by atoms with Gasteiger partial charge >= 0.3 is 26.2 Å². The number of benzene rings is 2. The largest absolute Gasteiger partial charge is 2.00 e. The van der Waals surface area contributed by atoms with Crippen molar-refractivity contribution in [3.05, 3.63) is 81.4 Å². The molecule has 7 aliphatic rings. The molecule has 1 atom stereocenters. The molecule has 7 aliphatic carbocycles. The minimum Gasteiger partial charge on any atom is -1.00 e. The maximum Gasteiger partial charge on any atom is 2.00 e. The van der Waals surface area contributed by atoms with Crippen LogP contribution in [-0.2, 0) is 37.0 Å². The molecule has 0 nitrogen and oxygen atoms in total. The molecule has 0 amide bonds. The van der Waals surface area contributed by atoms with Crippen LogP contribution in [0.25, 0.3) is 11.1 Å². The summed E-state index contributed by atoms with van der Waals surface area (Å²) in [6, 6.07) is 15.1. The average molecular weight is 721 g/mol. The van der Waals surface area contributed by atoms with Crippen LogP contribution in [0.4, 0.5) is 0 Å².